The molecule has 0 saturated heterocycles. The van der Waals surface area contributed by atoms with Crippen LogP contribution in [0.25, 0.3) is 10.1 Å². The predicted octanol–water partition coefficient (Wildman–Crippen LogP) is 4.86. The number of halogens is 1. The van der Waals surface area contributed by atoms with Gasteiger partial charge >= 0.3 is 0 Å². The standard InChI is InChI=1S/C17H14FNOS/c1-2-11-6-3-4-8-14(11)19-17(20)16-10-12-13(18)7-5-9-15(12)21-16/h3-10H,2H2,1H3,(H,19,20). The van der Waals surface area contributed by atoms with Gasteiger partial charge in [0.05, 0.1) is 4.88 Å². The number of fused-ring (bicyclic) bond motifs is 1. The maximum Gasteiger partial charge on any atom is 0.265 e. The average Bonchev–Trinajstić information content (AvgIpc) is 2.93. The summed E-state index contributed by atoms with van der Waals surface area (Å²) in [5.74, 6) is -0.492. The number of amides is 1. The molecule has 21 heavy (non-hydrogen) atoms. The van der Waals surface area contributed by atoms with Crippen LogP contribution >= 0.6 is 11.3 Å². The van der Waals surface area contributed by atoms with Gasteiger partial charge in [-0.05, 0) is 36.2 Å². The highest BCUT2D eigenvalue weighted by atomic mass is 32.1. The number of benzene rings is 2. The first-order valence-electron chi connectivity index (χ1n) is 6.76. The Morgan fingerprint density at radius 1 is 1.19 bits per heavy atom. The van der Waals surface area contributed by atoms with Crippen molar-refractivity contribution in [1.82, 2.24) is 0 Å². The fraction of sp³-hybridized carbons (Fsp3) is 0.118. The minimum atomic E-state index is -0.295. The van der Waals surface area contributed by atoms with Crippen LogP contribution in [0.4, 0.5) is 10.1 Å². The van der Waals surface area contributed by atoms with Crippen LogP contribution in [0, 0.1) is 5.82 Å². The van der Waals surface area contributed by atoms with Crippen molar-refractivity contribution in [3.63, 3.8) is 0 Å². The summed E-state index contributed by atoms with van der Waals surface area (Å²) in [5.41, 5.74) is 1.89. The third-order valence-corrected chi connectivity index (χ3v) is 4.48. The normalized spacial score (nSPS) is 10.8. The lowest BCUT2D eigenvalue weighted by Crippen LogP contribution is -2.11. The SMILES string of the molecule is CCc1ccccc1NC(=O)c1cc2c(F)cccc2s1. The number of hydrogen-bond acceptors (Lipinski definition) is 2. The number of hydrogen-bond donors (Lipinski definition) is 1. The highest BCUT2D eigenvalue weighted by Gasteiger charge is 2.13. The van der Waals surface area contributed by atoms with E-state index in [4.69, 9.17) is 0 Å². The third-order valence-electron chi connectivity index (χ3n) is 3.38. The van der Waals surface area contributed by atoms with Crippen LogP contribution in [-0.2, 0) is 6.42 Å². The summed E-state index contributed by atoms with van der Waals surface area (Å²) in [6, 6.07) is 14.2. The Morgan fingerprint density at radius 3 is 2.76 bits per heavy atom. The number of thiophene rings is 1. The summed E-state index contributed by atoms with van der Waals surface area (Å²) in [6.07, 6.45) is 0.845. The molecule has 0 saturated carbocycles. The van der Waals surface area contributed by atoms with Gasteiger partial charge in [-0.2, -0.15) is 0 Å². The van der Waals surface area contributed by atoms with Crippen molar-refractivity contribution in [2.24, 2.45) is 0 Å². The van der Waals surface area contributed by atoms with E-state index < -0.39 is 0 Å². The van der Waals surface area contributed by atoms with Crippen molar-refractivity contribution < 1.29 is 9.18 Å². The Morgan fingerprint density at radius 2 is 2.00 bits per heavy atom. The zero-order valence-electron chi connectivity index (χ0n) is 11.5. The number of nitrogens with one attached hydrogen (secondary N) is 1. The first kappa shape index (κ1) is 13.8. The monoisotopic (exact) mass is 299 g/mol. The highest BCUT2D eigenvalue weighted by molar-refractivity contribution is 7.20. The quantitative estimate of drug-likeness (QED) is 0.735. The molecule has 0 radical (unpaired) electrons. The van der Waals surface area contributed by atoms with Gasteiger partial charge in [0.1, 0.15) is 5.82 Å². The molecule has 3 aromatic rings. The Balaban J connectivity index is 1.92. The first-order chi connectivity index (χ1) is 10.2. The summed E-state index contributed by atoms with van der Waals surface area (Å²) in [7, 11) is 0. The lowest BCUT2D eigenvalue weighted by atomic mass is 10.1. The van der Waals surface area contributed by atoms with Crippen LogP contribution < -0.4 is 5.32 Å². The predicted molar refractivity (Wildman–Crippen MR) is 85.6 cm³/mol. The smallest absolute Gasteiger partial charge is 0.265 e. The van der Waals surface area contributed by atoms with Gasteiger partial charge in [-0.3, -0.25) is 4.79 Å². The zero-order chi connectivity index (χ0) is 14.8. The van der Waals surface area contributed by atoms with Crippen LogP contribution in [0.1, 0.15) is 22.2 Å². The van der Waals surface area contributed by atoms with Crippen molar-refractivity contribution in [3.8, 4) is 0 Å². The van der Waals surface area contributed by atoms with E-state index in [-0.39, 0.29) is 11.7 Å². The first-order valence-corrected chi connectivity index (χ1v) is 7.58. The number of aryl methyl sites for hydroxylation is 1. The molecule has 1 aromatic heterocycles. The topological polar surface area (TPSA) is 29.1 Å². The van der Waals surface area contributed by atoms with E-state index >= 15 is 0 Å². The van der Waals surface area contributed by atoms with Gasteiger partial charge in [-0.1, -0.05) is 31.2 Å². The summed E-state index contributed by atoms with van der Waals surface area (Å²) >= 11 is 1.30. The molecule has 0 fully saturated rings. The summed E-state index contributed by atoms with van der Waals surface area (Å²) < 4.78 is 14.5. The Bertz CT molecular complexity index is 809. The molecule has 4 heteroatoms. The van der Waals surface area contributed by atoms with Crippen LogP contribution in [0.15, 0.2) is 48.5 Å². The highest BCUT2D eigenvalue weighted by Crippen LogP contribution is 2.28. The van der Waals surface area contributed by atoms with Crippen molar-refractivity contribution >= 4 is 33.0 Å². The molecular weight excluding hydrogens is 285 g/mol. The zero-order valence-corrected chi connectivity index (χ0v) is 12.3. The van der Waals surface area contributed by atoms with Crippen LogP contribution in [0.3, 0.4) is 0 Å². The molecular formula is C17H14FNOS. The Hall–Kier alpha value is -2.20. The summed E-state index contributed by atoms with van der Waals surface area (Å²) in [6.45, 7) is 2.04. The summed E-state index contributed by atoms with van der Waals surface area (Å²) in [4.78, 5) is 12.9. The van der Waals surface area contributed by atoms with Gasteiger partial charge in [0.25, 0.3) is 5.91 Å². The van der Waals surface area contributed by atoms with E-state index in [1.165, 1.54) is 17.4 Å². The van der Waals surface area contributed by atoms with Gasteiger partial charge in [0, 0.05) is 15.8 Å². The number of carbonyl (C=O) groups excluding carboxylic acids is 1. The second-order valence-corrected chi connectivity index (χ2v) is 5.81. The van der Waals surface area contributed by atoms with Gasteiger partial charge in [-0.25, -0.2) is 4.39 Å². The number of rotatable bonds is 3. The minimum Gasteiger partial charge on any atom is -0.321 e. The van der Waals surface area contributed by atoms with E-state index in [0.29, 0.717) is 10.3 Å². The van der Waals surface area contributed by atoms with E-state index in [1.54, 1.807) is 12.1 Å². The fourth-order valence-corrected chi connectivity index (χ4v) is 3.24. The Labute approximate surface area is 126 Å². The molecule has 2 aromatic carbocycles. The molecule has 0 aliphatic heterocycles. The number of para-hydroxylation sites is 1. The van der Waals surface area contributed by atoms with Gasteiger partial charge < -0.3 is 5.32 Å². The molecule has 2 nitrogen and oxygen atoms in total. The molecule has 0 aliphatic carbocycles. The van der Waals surface area contributed by atoms with Gasteiger partial charge in [0.2, 0.25) is 0 Å². The largest absolute Gasteiger partial charge is 0.321 e. The van der Waals surface area contributed by atoms with Crippen LogP contribution in [0.5, 0.6) is 0 Å². The molecule has 0 atom stereocenters. The lowest BCUT2D eigenvalue weighted by Gasteiger charge is -2.08. The molecule has 0 bridgehead atoms. The van der Waals surface area contributed by atoms with Gasteiger partial charge in [-0.15, -0.1) is 11.3 Å². The second-order valence-electron chi connectivity index (χ2n) is 4.73. The molecule has 106 valence electrons. The average molecular weight is 299 g/mol. The molecule has 0 unspecified atom stereocenters. The van der Waals surface area contributed by atoms with Crippen LogP contribution in [-0.4, -0.2) is 5.91 Å². The van der Waals surface area contributed by atoms with E-state index in [0.717, 1.165) is 22.4 Å². The molecule has 3 rings (SSSR count). The molecule has 1 N–H and O–H groups in total. The number of anilines is 1. The third kappa shape index (κ3) is 2.67. The number of carbonyl (C=O) groups is 1. The van der Waals surface area contributed by atoms with Gasteiger partial charge in [0.15, 0.2) is 0 Å². The lowest BCUT2D eigenvalue weighted by molar-refractivity contribution is 0.103. The maximum absolute atomic E-state index is 13.7. The van der Waals surface area contributed by atoms with Crippen molar-refractivity contribution in [3.05, 3.63) is 64.8 Å². The molecule has 0 spiro atoms. The second kappa shape index (κ2) is 5.66. The maximum atomic E-state index is 13.7. The van der Waals surface area contributed by atoms with E-state index in [2.05, 4.69) is 5.32 Å². The van der Waals surface area contributed by atoms with E-state index in [1.807, 2.05) is 37.3 Å². The summed E-state index contributed by atoms with van der Waals surface area (Å²) in [5, 5.41) is 3.40. The Kier molecular flexibility index (Phi) is 3.71. The van der Waals surface area contributed by atoms with E-state index in [9.17, 15) is 9.18 Å². The molecule has 0 aliphatic rings. The molecule has 1 heterocycles. The molecule has 1 amide bonds. The van der Waals surface area contributed by atoms with Crippen molar-refractivity contribution in [2.45, 2.75) is 13.3 Å². The minimum absolute atomic E-state index is 0.198. The van der Waals surface area contributed by atoms with Crippen molar-refractivity contribution in [2.75, 3.05) is 5.32 Å². The van der Waals surface area contributed by atoms with Crippen LogP contribution in [0.2, 0.25) is 0 Å². The fourth-order valence-electron chi connectivity index (χ4n) is 2.27. The van der Waals surface area contributed by atoms with Crippen molar-refractivity contribution in [1.29, 1.82) is 0 Å².